The average Bonchev–Trinajstić information content (AvgIpc) is 2.79. The first kappa shape index (κ1) is 19.5. The number of aryl methyl sites for hydroxylation is 1. The van der Waals surface area contributed by atoms with Crippen molar-refractivity contribution in [3.8, 4) is 0 Å². The number of piperidine rings is 1. The van der Waals surface area contributed by atoms with Crippen LogP contribution in [0.15, 0.2) is 36.5 Å². The van der Waals surface area contributed by atoms with Crippen LogP contribution in [0.1, 0.15) is 57.5 Å². The van der Waals surface area contributed by atoms with Gasteiger partial charge in [-0.3, -0.25) is 9.59 Å². The van der Waals surface area contributed by atoms with Gasteiger partial charge in [-0.1, -0.05) is 18.2 Å². The topological polar surface area (TPSA) is 75.6 Å². The number of aromatic nitrogens is 2. The van der Waals surface area contributed by atoms with E-state index < -0.39 is 0 Å². The zero-order chi connectivity index (χ0) is 20.2. The molecule has 0 radical (unpaired) electrons. The summed E-state index contributed by atoms with van der Waals surface area (Å²) in [5.41, 5.74) is 1.85. The van der Waals surface area contributed by atoms with Gasteiger partial charge in [-0.2, -0.15) is 0 Å². The molecule has 4 rings (SSSR count). The molecule has 0 bridgehead atoms. The van der Waals surface area contributed by atoms with E-state index in [1.54, 1.807) is 11.1 Å². The molecule has 2 fully saturated rings. The molecule has 3 heterocycles. The Balaban J connectivity index is 1.57. The highest BCUT2D eigenvalue weighted by Gasteiger charge is 2.31. The van der Waals surface area contributed by atoms with E-state index in [0.29, 0.717) is 55.5 Å². The normalized spacial score (nSPS) is 19.8. The molecule has 2 amide bonds. The summed E-state index contributed by atoms with van der Waals surface area (Å²) in [5, 5.41) is 0. The van der Waals surface area contributed by atoms with Gasteiger partial charge in [0.05, 0.1) is 30.5 Å². The highest BCUT2D eigenvalue weighted by Crippen LogP contribution is 2.30. The van der Waals surface area contributed by atoms with Gasteiger partial charge < -0.3 is 14.5 Å². The molecule has 7 heteroatoms. The van der Waals surface area contributed by atoms with Crippen LogP contribution in [-0.2, 0) is 4.74 Å². The van der Waals surface area contributed by atoms with Crippen molar-refractivity contribution in [3.05, 3.63) is 59.2 Å². The third kappa shape index (κ3) is 4.15. The molecule has 2 aliphatic heterocycles. The maximum absolute atomic E-state index is 13.0. The lowest BCUT2D eigenvalue weighted by Gasteiger charge is -2.35. The zero-order valence-electron chi connectivity index (χ0n) is 16.7. The van der Waals surface area contributed by atoms with E-state index in [1.807, 2.05) is 42.2 Å². The van der Waals surface area contributed by atoms with E-state index in [4.69, 9.17) is 4.74 Å². The molecule has 0 aliphatic carbocycles. The molecule has 2 saturated heterocycles. The second-order valence-electron chi connectivity index (χ2n) is 7.51. The summed E-state index contributed by atoms with van der Waals surface area (Å²) in [5.74, 6) is 0.563. The van der Waals surface area contributed by atoms with Gasteiger partial charge in [-0.05, 0) is 38.3 Å². The molecular formula is C22H26N4O3. The van der Waals surface area contributed by atoms with Crippen LogP contribution in [0.2, 0.25) is 0 Å². The highest BCUT2D eigenvalue weighted by molar-refractivity contribution is 5.95. The van der Waals surface area contributed by atoms with Crippen LogP contribution in [0.4, 0.5) is 0 Å². The molecule has 1 aromatic heterocycles. The Morgan fingerprint density at radius 2 is 1.79 bits per heavy atom. The number of nitrogens with zero attached hydrogens (tertiary/aromatic N) is 4. The maximum Gasteiger partial charge on any atom is 0.257 e. The summed E-state index contributed by atoms with van der Waals surface area (Å²) in [6.45, 7) is 4.81. The number of ether oxygens (including phenoxy) is 1. The zero-order valence-corrected chi connectivity index (χ0v) is 16.7. The predicted molar refractivity (Wildman–Crippen MR) is 108 cm³/mol. The van der Waals surface area contributed by atoms with Crippen molar-refractivity contribution in [1.29, 1.82) is 0 Å². The summed E-state index contributed by atoms with van der Waals surface area (Å²) in [4.78, 5) is 38.7. The average molecular weight is 394 g/mol. The Bertz CT molecular complexity index is 881. The lowest BCUT2D eigenvalue weighted by molar-refractivity contribution is 0.0301. The number of hydrogen-bond donors (Lipinski definition) is 0. The van der Waals surface area contributed by atoms with E-state index in [1.165, 1.54) is 0 Å². The van der Waals surface area contributed by atoms with Crippen LogP contribution in [0.25, 0.3) is 0 Å². The van der Waals surface area contributed by atoms with Crippen molar-refractivity contribution < 1.29 is 14.3 Å². The van der Waals surface area contributed by atoms with Crippen LogP contribution in [0.3, 0.4) is 0 Å². The number of carbonyl (C=O) groups excluding carboxylic acids is 2. The fourth-order valence-electron chi connectivity index (χ4n) is 3.98. The predicted octanol–water partition coefficient (Wildman–Crippen LogP) is 2.62. The van der Waals surface area contributed by atoms with Crippen molar-refractivity contribution in [1.82, 2.24) is 19.8 Å². The van der Waals surface area contributed by atoms with Crippen LogP contribution in [0, 0.1) is 6.92 Å². The Hall–Kier alpha value is -2.80. The number of carbonyl (C=O) groups is 2. The fourth-order valence-corrected chi connectivity index (χ4v) is 3.98. The minimum absolute atomic E-state index is 0.00465. The van der Waals surface area contributed by atoms with E-state index in [0.717, 1.165) is 19.3 Å². The van der Waals surface area contributed by atoms with E-state index >= 15 is 0 Å². The van der Waals surface area contributed by atoms with E-state index in [-0.39, 0.29) is 17.9 Å². The first-order valence-electron chi connectivity index (χ1n) is 10.2. The molecule has 7 nitrogen and oxygen atoms in total. The molecule has 0 saturated carbocycles. The number of likely N-dealkylation sites (tertiary alicyclic amines) is 1. The minimum Gasteiger partial charge on any atom is -0.378 e. The van der Waals surface area contributed by atoms with Gasteiger partial charge in [0.25, 0.3) is 11.8 Å². The second kappa shape index (κ2) is 8.69. The molecule has 2 aromatic rings. The molecule has 152 valence electrons. The molecule has 2 aliphatic rings. The van der Waals surface area contributed by atoms with Crippen LogP contribution in [0.5, 0.6) is 0 Å². The molecule has 1 aromatic carbocycles. The van der Waals surface area contributed by atoms with Gasteiger partial charge in [0.15, 0.2) is 5.82 Å². The largest absolute Gasteiger partial charge is 0.378 e. The fraction of sp³-hybridized carbons (Fsp3) is 0.455. The maximum atomic E-state index is 13.0. The number of benzene rings is 1. The lowest BCUT2D eigenvalue weighted by Crippen LogP contribution is -2.41. The van der Waals surface area contributed by atoms with Crippen molar-refractivity contribution in [2.75, 3.05) is 32.8 Å². The SMILES string of the molecule is Cc1nc([C@H]2CCCCN2C(=O)c2ccccc2)ncc1C(=O)N1CCOCC1. The molecule has 1 atom stereocenters. The number of amides is 2. The number of hydrogen-bond acceptors (Lipinski definition) is 5. The van der Waals surface area contributed by atoms with Gasteiger partial charge >= 0.3 is 0 Å². The monoisotopic (exact) mass is 394 g/mol. The van der Waals surface area contributed by atoms with Crippen LogP contribution >= 0.6 is 0 Å². The van der Waals surface area contributed by atoms with Crippen molar-refractivity contribution in [3.63, 3.8) is 0 Å². The standard InChI is InChI=1S/C22H26N4O3/c1-16-18(22(28)25-11-13-29-14-12-25)15-23-20(24-16)19-9-5-6-10-26(19)21(27)17-7-3-2-4-8-17/h2-4,7-8,15,19H,5-6,9-14H2,1H3/t19-/m1/s1. The Labute approximate surface area is 170 Å². The molecule has 0 N–H and O–H groups in total. The summed E-state index contributed by atoms with van der Waals surface area (Å²) < 4.78 is 5.32. The van der Waals surface area contributed by atoms with E-state index in [9.17, 15) is 9.59 Å². The lowest BCUT2D eigenvalue weighted by atomic mass is 9.99. The Kier molecular flexibility index (Phi) is 5.85. The smallest absolute Gasteiger partial charge is 0.257 e. The van der Waals surface area contributed by atoms with Gasteiger partial charge in [-0.15, -0.1) is 0 Å². The third-order valence-corrected chi connectivity index (χ3v) is 5.61. The van der Waals surface area contributed by atoms with Crippen molar-refractivity contribution in [2.24, 2.45) is 0 Å². The quantitative estimate of drug-likeness (QED) is 0.800. The van der Waals surface area contributed by atoms with Crippen LogP contribution < -0.4 is 0 Å². The van der Waals surface area contributed by atoms with Gasteiger partial charge in [-0.25, -0.2) is 9.97 Å². The van der Waals surface area contributed by atoms with Crippen molar-refractivity contribution in [2.45, 2.75) is 32.2 Å². The van der Waals surface area contributed by atoms with Crippen LogP contribution in [-0.4, -0.2) is 64.4 Å². The first-order chi connectivity index (χ1) is 14.1. The highest BCUT2D eigenvalue weighted by atomic mass is 16.5. The number of morpholine rings is 1. The Morgan fingerprint density at radius 1 is 1.03 bits per heavy atom. The second-order valence-corrected chi connectivity index (χ2v) is 7.51. The summed E-state index contributed by atoms with van der Waals surface area (Å²) in [6.07, 6.45) is 4.45. The van der Waals surface area contributed by atoms with Gasteiger partial charge in [0, 0.05) is 31.4 Å². The van der Waals surface area contributed by atoms with Gasteiger partial charge in [0.1, 0.15) is 0 Å². The summed E-state index contributed by atoms with van der Waals surface area (Å²) >= 11 is 0. The molecule has 0 spiro atoms. The molecule has 29 heavy (non-hydrogen) atoms. The van der Waals surface area contributed by atoms with E-state index in [2.05, 4.69) is 9.97 Å². The molecule has 0 unspecified atom stereocenters. The third-order valence-electron chi connectivity index (χ3n) is 5.61. The van der Waals surface area contributed by atoms with Crippen molar-refractivity contribution >= 4 is 11.8 Å². The Morgan fingerprint density at radius 3 is 2.52 bits per heavy atom. The minimum atomic E-state index is -0.164. The summed E-state index contributed by atoms with van der Waals surface area (Å²) in [6, 6.07) is 9.16. The van der Waals surface area contributed by atoms with Gasteiger partial charge in [0.2, 0.25) is 0 Å². The molecular weight excluding hydrogens is 368 g/mol. The first-order valence-corrected chi connectivity index (χ1v) is 10.2. The summed E-state index contributed by atoms with van der Waals surface area (Å²) in [7, 11) is 0. The number of rotatable bonds is 3.